The number of carbonyl (C=O) groups is 1. The van der Waals surface area contributed by atoms with Crippen molar-refractivity contribution in [1.82, 2.24) is 24.9 Å². The molecule has 108 valence electrons. The van der Waals surface area contributed by atoms with Crippen molar-refractivity contribution in [2.75, 3.05) is 0 Å². The van der Waals surface area contributed by atoms with Crippen LogP contribution in [0.3, 0.4) is 0 Å². The van der Waals surface area contributed by atoms with Gasteiger partial charge in [0.2, 0.25) is 5.91 Å². The standard InChI is InChI=1S/C13H18BrN5O/c1-8-5-11(17-18(8)4)6-15-13(20)10(3)19-7-12(14)9(2)16-19/h5,7,10H,6H2,1-4H3,(H,15,20). The summed E-state index contributed by atoms with van der Waals surface area (Å²) in [6, 6.07) is 1.60. The highest BCUT2D eigenvalue weighted by atomic mass is 79.9. The van der Waals surface area contributed by atoms with Crippen LogP contribution in [-0.4, -0.2) is 25.5 Å². The largest absolute Gasteiger partial charge is 0.349 e. The molecular weight excluding hydrogens is 322 g/mol. The molecule has 1 atom stereocenters. The van der Waals surface area contributed by atoms with Crippen LogP contribution in [-0.2, 0) is 18.4 Å². The molecule has 0 aliphatic carbocycles. The third-order valence-corrected chi connectivity index (χ3v) is 4.02. The van der Waals surface area contributed by atoms with Crippen LogP contribution in [0.25, 0.3) is 0 Å². The zero-order valence-corrected chi connectivity index (χ0v) is 13.6. The van der Waals surface area contributed by atoms with E-state index in [9.17, 15) is 4.79 Å². The number of amides is 1. The van der Waals surface area contributed by atoms with E-state index in [0.29, 0.717) is 6.54 Å². The van der Waals surface area contributed by atoms with Crippen molar-refractivity contribution in [1.29, 1.82) is 0 Å². The van der Waals surface area contributed by atoms with Crippen molar-refractivity contribution >= 4 is 21.8 Å². The van der Waals surface area contributed by atoms with Gasteiger partial charge in [0.1, 0.15) is 6.04 Å². The summed E-state index contributed by atoms with van der Waals surface area (Å²) in [5, 5.41) is 11.5. The smallest absolute Gasteiger partial charge is 0.244 e. The third-order valence-electron chi connectivity index (χ3n) is 3.24. The second-order valence-electron chi connectivity index (χ2n) is 4.84. The van der Waals surface area contributed by atoms with Crippen LogP contribution in [0.15, 0.2) is 16.7 Å². The van der Waals surface area contributed by atoms with E-state index in [1.165, 1.54) is 0 Å². The van der Waals surface area contributed by atoms with Crippen LogP contribution >= 0.6 is 15.9 Å². The Hall–Kier alpha value is -1.63. The highest BCUT2D eigenvalue weighted by molar-refractivity contribution is 9.10. The molecule has 1 amide bonds. The number of nitrogens with one attached hydrogen (secondary N) is 1. The van der Waals surface area contributed by atoms with Gasteiger partial charge in [-0.2, -0.15) is 10.2 Å². The van der Waals surface area contributed by atoms with Gasteiger partial charge in [-0.25, -0.2) is 0 Å². The third kappa shape index (κ3) is 3.09. The molecule has 0 aliphatic heterocycles. The second-order valence-corrected chi connectivity index (χ2v) is 5.69. The Bertz CT molecular complexity index is 592. The van der Waals surface area contributed by atoms with Gasteiger partial charge in [0.15, 0.2) is 0 Å². The maximum Gasteiger partial charge on any atom is 0.244 e. The fraction of sp³-hybridized carbons (Fsp3) is 0.462. The Morgan fingerprint density at radius 2 is 2.15 bits per heavy atom. The fourth-order valence-corrected chi connectivity index (χ4v) is 2.11. The first kappa shape index (κ1) is 14.8. The Morgan fingerprint density at radius 1 is 1.45 bits per heavy atom. The van der Waals surface area contributed by atoms with Crippen LogP contribution in [0, 0.1) is 13.8 Å². The van der Waals surface area contributed by atoms with E-state index in [4.69, 9.17) is 0 Å². The van der Waals surface area contributed by atoms with Crippen molar-refractivity contribution in [2.45, 2.75) is 33.4 Å². The molecule has 2 aromatic heterocycles. The van der Waals surface area contributed by atoms with Crippen molar-refractivity contribution in [2.24, 2.45) is 7.05 Å². The molecule has 0 radical (unpaired) electrons. The van der Waals surface area contributed by atoms with E-state index in [-0.39, 0.29) is 11.9 Å². The SMILES string of the molecule is Cc1nn(C(C)C(=O)NCc2cc(C)n(C)n2)cc1Br. The molecule has 20 heavy (non-hydrogen) atoms. The summed E-state index contributed by atoms with van der Waals surface area (Å²) in [4.78, 5) is 12.1. The first-order chi connectivity index (χ1) is 9.38. The molecule has 2 rings (SSSR count). The van der Waals surface area contributed by atoms with Gasteiger partial charge in [0.05, 0.1) is 22.4 Å². The molecule has 0 bridgehead atoms. The van der Waals surface area contributed by atoms with Gasteiger partial charge in [-0.3, -0.25) is 14.2 Å². The maximum atomic E-state index is 12.1. The number of aryl methyl sites for hydroxylation is 3. The molecular formula is C13H18BrN5O. The molecule has 7 heteroatoms. The van der Waals surface area contributed by atoms with Crippen LogP contribution < -0.4 is 5.32 Å². The number of halogens is 1. The monoisotopic (exact) mass is 339 g/mol. The quantitative estimate of drug-likeness (QED) is 0.924. The number of aromatic nitrogens is 4. The molecule has 0 saturated heterocycles. The Balaban J connectivity index is 1.97. The zero-order chi connectivity index (χ0) is 14.9. The predicted octanol–water partition coefficient (Wildman–Crippen LogP) is 1.87. The van der Waals surface area contributed by atoms with E-state index in [1.807, 2.05) is 40.1 Å². The molecule has 0 aromatic carbocycles. The summed E-state index contributed by atoms with van der Waals surface area (Å²) < 4.78 is 4.34. The Kier molecular flexibility index (Phi) is 4.27. The van der Waals surface area contributed by atoms with Crippen LogP contribution in [0.1, 0.15) is 30.0 Å². The van der Waals surface area contributed by atoms with E-state index >= 15 is 0 Å². The van der Waals surface area contributed by atoms with Gasteiger partial charge in [-0.15, -0.1) is 0 Å². The molecule has 1 unspecified atom stereocenters. The Labute approximate surface area is 126 Å². The molecule has 1 N–H and O–H groups in total. The van der Waals surface area contributed by atoms with Crippen LogP contribution in [0.5, 0.6) is 0 Å². The number of rotatable bonds is 4. The average molecular weight is 340 g/mol. The molecule has 0 aliphatic rings. The van der Waals surface area contributed by atoms with Gasteiger partial charge >= 0.3 is 0 Å². The minimum absolute atomic E-state index is 0.0803. The normalized spacial score (nSPS) is 12.4. The molecule has 6 nitrogen and oxygen atoms in total. The van der Waals surface area contributed by atoms with Gasteiger partial charge < -0.3 is 5.32 Å². The first-order valence-corrected chi connectivity index (χ1v) is 7.16. The van der Waals surface area contributed by atoms with E-state index in [1.54, 1.807) is 9.36 Å². The first-order valence-electron chi connectivity index (χ1n) is 6.37. The molecule has 0 fully saturated rings. The van der Waals surface area contributed by atoms with Gasteiger partial charge in [-0.05, 0) is 42.8 Å². The minimum atomic E-state index is -0.357. The summed E-state index contributed by atoms with van der Waals surface area (Å²) >= 11 is 3.39. The molecule has 2 heterocycles. The molecule has 2 aromatic rings. The highest BCUT2D eigenvalue weighted by Gasteiger charge is 2.17. The summed E-state index contributed by atoms with van der Waals surface area (Å²) in [7, 11) is 1.88. The zero-order valence-electron chi connectivity index (χ0n) is 12.0. The van der Waals surface area contributed by atoms with Gasteiger partial charge in [0.25, 0.3) is 0 Å². The average Bonchev–Trinajstić information content (AvgIpc) is 2.90. The maximum absolute atomic E-state index is 12.1. The van der Waals surface area contributed by atoms with Crippen molar-refractivity contribution in [3.8, 4) is 0 Å². The van der Waals surface area contributed by atoms with E-state index in [0.717, 1.165) is 21.6 Å². The van der Waals surface area contributed by atoms with E-state index in [2.05, 4.69) is 31.4 Å². The number of hydrogen-bond acceptors (Lipinski definition) is 3. The molecule has 0 spiro atoms. The van der Waals surface area contributed by atoms with Crippen molar-refractivity contribution in [3.63, 3.8) is 0 Å². The second kappa shape index (κ2) is 5.78. The van der Waals surface area contributed by atoms with Gasteiger partial charge in [0, 0.05) is 18.9 Å². The Morgan fingerprint density at radius 3 is 2.65 bits per heavy atom. The van der Waals surface area contributed by atoms with Crippen molar-refractivity contribution < 1.29 is 4.79 Å². The number of hydrogen-bond donors (Lipinski definition) is 1. The lowest BCUT2D eigenvalue weighted by Crippen LogP contribution is -2.31. The van der Waals surface area contributed by atoms with E-state index < -0.39 is 0 Å². The summed E-state index contributed by atoms with van der Waals surface area (Å²) in [5.41, 5.74) is 2.78. The van der Waals surface area contributed by atoms with Crippen LogP contribution in [0.4, 0.5) is 0 Å². The summed E-state index contributed by atoms with van der Waals surface area (Å²) in [5.74, 6) is -0.0803. The highest BCUT2D eigenvalue weighted by Crippen LogP contribution is 2.16. The number of carbonyl (C=O) groups excluding carboxylic acids is 1. The fourth-order valence-electron chi connectivity index (χ4n) is 1.82. The number of nitrogens with zero attached hydrogens (tertiary/aromatic N) is 4. The minimum Gasteiger partial charge on any atom is -0.349 e. The lowest BCUT2D eigenvalue weighted by Gasteiger charge is -2.11. The lowest BCUT2D eigenvalue weighted by atomic mass is 10.3. The summed E-state index contributed by atoms with van der Waals surface area (Å²) in [6.07, 6.45) is 1.81. The van der Waals surface area contributed by atoms with Crippen LogP contribution in [0.2, 0.25) is 0 Å². The topological polar surface area (TPSA) is 64.7 Å². The lowest BCUT2D eigenvalue weighted by molar-refractivity contribution is -0.124. The van der Waals surface area contributed by atoms with Gasteiger partial charge in [-0.1, -0.05) is 0 Å². The molecule has 0 saturated carbocycles. The van der Waals surface area contributed by atoms with Crippen molar-refractivity contribution in [3.05, 3.63) is 33.8 Å². The summed E-state index contributed by atoms with van der Waals surface area (Å²) in [6.45, 7) is 6.11. The predicted molar refractivity (Wildman–Crippen MR) is 79.2 cm³/mol.